The minimum absolute atomic E-state index is 0.0787. The molecule has 3 aromatic rings. The summed E-state index contributed by atoms with van der Waals surface area (Å²) in [6, 6.07) is 21.1. The number of nitrogens with zero attached hydrogens (tertiary/aromatic N) is 1. The molecule has 1 amide bonds. The third-order valence-corrected chi connectivity index (χ3v) is 6.77. The topological polar surface area (TPSA) is 75.7 Å². The fourth-order valence-electron chi connectivity index (χ4n) is 3.26. The molecule has 0 unspecified atom stereocenters. The van der Waals surface area contributed by atoms with Crippen molar-refractivity contribution < 1.29 is 17.9 Å². The number of sulfonamides is 1. The van der Waals surface area contributed by atoms with Crippen molar-refractivity contribution in [2.75, 3.05) is 19.0 Å². The summed E-state index contributed by atoms with van der Waals surface area (Å²) in [7, 11) is -2.40. The zero-order valence-electron chi connectivity index (χ0n) is 17.8. The second-order valence-electron chi connectivity index (χ2n) is 7.25. The minimum Gasteiger partial charge on any atom is -0.497 e. The number of ether oxygens (including phenoxy) is 1. The van der Waals surface area contributed by atoms with Crippen molar-refractivity contribution in [3.8, 4) is 5.75 Å². The van der Waals surface area contributed by atoms with Crippen LogP contribution in [0.5, 0.6) is 5.75 Å². The second kappa shape index (κ2) is 9.76. The van der Waals surface area contributed by atoms with E-state index in [9.17, 15) is 13.2 Å². The first-order valence-electron chi connectivity index (χ1n) is 9.85. The van der Waals surface area contributed by atoms with Crippen LogP contribution in [0.3, 0.4) is 0 Å². The summed E-state index contributed by atoms with van der Waals surface area (Å²) in [5.41, 5.74) is 3.33. The van der Waals surface area contributed by atoms with Crippen molar-refractivity contribution in [2.24, 2.45) is 0 Å². The van der Waals surface area contributed by atoms with Gasteiger partial charge in [-0.15, -0.1) is 0 Å². The highest BCUT2D eigenvalue weighted by atomic mass is 32.2. The summed E-state index contributed by atoms with van der Waals surface area (Å²) >= 11 is 0. The van der Waals surface area contributed by atoms with E-state index in [0.29, 0.717) is 11.4 Å². The molecule has 162 valence electrons. The number of rotatable bonds is 8. The number of benzene rings is 3. The Hall–Kier alpha value is -3.16. The van der Waals surface area contributed by atoms with Crippen molar-refractivity contribution in [3.05, 3.63) is 89.5 Å². The van der Waals surface area contributed by atoms with E-state index in [1.54, 1.807) is 12.1 Å². The van der Waals surface area contributed by atoms with Crippen molar-refractivity contribution in [1.82, 2.24) is 4.31 Å². The van der Waals surface area contributed by atoms with E-state index in [0.717, 1.165) is 16.7 Å². The molecule has 0 saturated carbocycles. The molecule has 0 fully saturated rings. The molecule has 7 heteroatoms. The number of hydrogen-bond acceptors (Lipinski definition) is 4. The Labute approximate surface area is 183 Å². The summed E-state index contributed by atoms with van der Waals surface area (Å²) in [6.07, 6.45) is 0. The van der Waals surface area contributed by atoms with Crippen LogP contribution in [-0.4, -0.2) is 32.3 Å². The smallest absolute Gasteiger partial charge is 0.243 e. The summed E-state index contributed by atoms with van der Waals surface area (Å²) < 4.78 is 33.0. The van der Waals surface area contributed by atoms with E-state index >= 15 is 0 Å². The predicted molar refractivity (Wildman–Crippen MR) is 122 cm³/mol. The number of hydrogen-bond donors (Lipinski definition) is 1. The number of amides is 1. The first kappa shape index (κ1) is 22.5. The number of carbonyl (C=O) groups is 1. The fraction of sp³-hybridized carbons (Fsp3) is 0.208. The lowest BCUT2D eigenvalue weighted by atomic mass is 10.1. The maximum atomic E-state index is 13.4. The van der Waals surface area contributed by atoms with Crippen LogP contribution in [-0.2, 0) is 21.4 Å². The maximum Gasteiger partial charge on any atom is 0.243 e. The predicted octanol–water partition coefficient (Wildman–Crippen LogP) is 4.14. The molecule has 0 aromatic heterocycles. The Morgan fingerprint density at radius 3 is 2.10 bits per heavy atom. The molecule has 0 saturated heterocycles. The quantitative estimate of drug-likeness (QED) is 0.574. The molecule has 0 spiro atoms. The highest BCUT2D eigenvalue weighted by Gasteiger charge is 2.27. The lowest BCUT2D eigenvalue weighted by Crippen LogP contribution is -2.37. The molecule has 0 aliphatic heterocycles. The van der Waals surface area contributed by atoms with E-state index in [-0.39, 0.29) is 18.0 Å². The highest BCUT2D eigenvalue weighted by molar-refractivity contribution is 7.89. The second-order valence-corrected chi connectivity index (χ2v) is 9.19. The van der Waals surface area contributed by atoms with Gasteiger partial charge in [-0.3, -0.25) is 4.79 Å². The van der Waals surface area contributed by atoms with E-state index < -0.39 is 15.9 Å². The third-order valence-electron chi connectivity index (χ3n) is 4.96. The Morgan fingerprint density at radius 1 is 0.903 bits per heavy atom. The van der Waals surface area contributed by atoms with Gasteiger partial charge in [-0.05, 0) is 54.8 Å². The van der Waals surface area contributed by atoms with E-state index in [1.165, 1.54) is 23.5 Å². The third kappa shape index (κ3) is 5.51. The number of nitrogens with one attached hydrogen (secondary N) is 1. The molecule has 0 aliphatic carbocycles. The lowest BCUT2D eigenvalue weighted by molar-refractivity contribution is -0.116. The molecule has 1 N–H and O–H groups in total. The Balaban J connectivity index is 1.89. The van der Waals surface area contributed by atoms with Gasteiger partial charge < -0.3 is 10.1 Å². The number of anilines is 1. The van der Waals surface area contributed by atoms with Crippen LogP contribution in [0, 0.1) is 13.8 Å². The molecule has 0 atom stereocenters. The Bertz CT molecular complexity index is 1120. The monoisotopic (exact) mass is 438 g/mol. The molecule has 0 bridgehead atoms. The SMILES string of the molecule is COc1ccc(S(=O)(=O)N(CC(=O)Nc2c(C)cccc2C)Cc2ccccc2)cc1. The van der Waals surface area contributed by atoms with Gasteiger partial charge in [0.2, 0.25) is 15.9 Å². The van der Waals surface area contributed by atoms with Crippen LogP contribution in [0.4, 0.5) is 5.69 Å². The van der Waals surface area contributed by atoms with E-state index in [2.05, 4.69) is 5.32 Å². The lowest BCUT2D eigenvalue weighted by Gasteiger charge is -2.22. The summed E-state index contributed by atoms with van der Waals surface area (Å²) in [6.45, 7) is 3.57. The van der Waals surface area contributed by atoms with Crippen molar-refractivity contribution in [3.63, 3.8) is 0 Å². The standard InChI is InChI=1S/C24H26N2O4S/c1-18-8-7-9-19(2)24(18)25-23(27)17-26(16-20-10-5-4-6-11-20)31(28,29)22-14-12-21(30-3)13-15-22/h4-15H,16-17H2,1-3H3,(H,25,27). The molecule has 3 rings (SSSR count). The van der Waals surface area contributed by atoms with Gasteiger partial charge in [0, 0.05) is 12.2 Å². The zero-order chi connectivity index (χ0) is 22.4. The normalized spacial score (nSPS) is 11.4. The molecular weight excluding hydrogens is 412 g/mol. The van der Waals surface area contributed by atoms with Gasteiger partial charge in [-0.2, -0.15) is 4.31 Å². The average Bonchev–Trinajstić information content (AvgIpc) is 2.76. The molecule has 0 heterocycles. The van der Waals surface area contributed by atoms with Crippen molar-refractivity contribution in [2.45, 2.75) is 25.3 Å². The Kier molecular flexibility index (Phi) is 7.09. The van der Waals surface area contributed by atoms with Gasteiger partial charge in [0.05, 0.1) is 18.6 Å². The zero-order valence-corrected chi connectivity index (χ0v) is 18.6. The van der Waals surface area contributed by atoms with Crippen LogP contribution in [0.15, 0.2) is 77.7 Å². The van der Waals surface area contributed by atoms with Crippen LogP contribution < -0.4 is 10.1 Å². The summed E-state index contributed by atoms with van der Waals surface area (Å²) in [4.78, 5) is 13.0. The molecule has 6 nitrogen and oxygen atoms in total. The van der Waals surface area contributed by atoms with Gasteiger partial charge in [0.25, 0.3) is 0 Å². The molecule has 3 aromatic carbocycles. The van der Waals surface area contributed by atoms with Crippen LogP contribution >= 0.6 is 0 Å². The number of carbonyl (C=O) groups excluding carboxylic acids is 1. The van der Waals surface area contributed by atoms with Crippen LogP contribution in [0.25, 0.3) is 0 Å². The first-order valence-corrected chi connectivity index (χ1v) is 11.3. The van der Waals surface area contributed by atoms with Crippen LogP contribution in [0.2, 0.25) is 0 Å². The molecule has 0 radical (unpaired) electrons. The van der Waals surface area contributed by atoms with Gasteiger partial charge >= 0.3 is 0 Å². The fourth-order valence-corrected chi connectivity index (χ4v) is 4.64. The van der Waals surface area contributed by atoms with E-state index in [1.807, 2.05) is 62.4 Å². The van der Waals surface area contributed by atoms with Crippen LogP contribution in [0.1, 0.15) is 16.7 Å². The number of para-hydroxylation sites is 1. The number of methoxy groups -OCH3 is 1. The van der Waals surface area contributed by atoms with E-state index in [4.69, 9.17) is 4.74 Å². The molecule has 0 aliphatic rings. The largest absolute Gasteiger partial charge is 0.497 e. The summed E-state index contributed by atoms with van der Waals surface area (Å²) in [5, 5.41) is 2.87. The highest BCUT2D eigenvalue weighted by Crippen LogP contribution is 2.23. The Morgan fingerprint density at radius 2 is 1.52 bits per heavy atom. The van der Waals surface area contributed by atoms with Gasteiger partial charge in [0.15, 0.2) is 0 Å². The average molecular weight is 439 g/mol. The van der Waals surface area contributed by atoms with Crippen molar-refractivity contribution in [1.29, 1.82) is 0 Å². The minimum atomic E-state index is -3.91. The first-order chi connectivity index (χ1) is 14.8. The van der Waals surface area contributed by atoms with Gasteiger partial charge in [0.1, 0.15) is 5.75 Å². The van der Waals surface area contributed by atoms with Gasteiger partial charge in [-0.25, -0.2) is 8.42 Å². The summed E-state index contributed by atoms with van der Waals surface area (Å²) in [5.74, 6) is 0.159. The maximum absolute atomic E-state index is 13.4. The molecule has 31 heavy (non-hydrogen) atoms. The number of aryl methyl sites for hydroxylation is 2. The van der Waals surface area contributed by atoms with Crippen molar-refractivity contribution >= 4 is 21.6 Å². The van der Waals surface area contributed by atoms with Gasteiger partial charge in [-0.1, -0.05) is 48.5 Å². The molecular formula is C24H26N2O4S.